The third-order valence-corrected chi connectivity index (χ3v) is 5.64. The van der Waals surface area contributed by atoms with E-state index in [1.807, 2.05) is 62.7 Å². The van der Waals surface area contributed by atoms with Crippen molar-refractivity contribution in [3.63, 3.8) is 0 Å². The van der Waals surface area contributed by atoms with Crippen LogP contribution < -0.4 is 0 Å². The van der Waals surface area contributed by atoms with Crippen LogP contribution in [0.1, 0.15) is 13.8 Å². The average Bonchev–Trinajstić information content (AvgIpc) is 3.46. The Kier molecular flexibility index (Phi) is 14.7. The van der Waals surface area contributed by atoms with Crippen molar-refractivity contribution < 1.29 is 17.1 Å². The van der Waals surface area contributed by atoms with Gasteiger partial charge in [-0.15, -0.1) is 35.3 Å². The molecule has 4 rings (SSSR count). The van der Waals surface area contributed by atoms with Gasteiger partial charge in [0.05, 0.1) is 0 Å². The molecule has 2 fully saturated rings. The quantitative estimate of drug-likeness (QED) is 0.283. The van der Waals surface area contributed by atoms with Gasteiger partial charge < -0.3 is 29.0 Å². The van der Waals surface area contributed by atoms with Gasteiger partial charge in [-0.1, -0.05) is 50.3 Å². The molecule has 0 saturated carbocycles. The standard InChI is InChI=1S/2C10H13N3S.C2H6.Fe/c2*1-14-13-7-6-12(9-13)8-10-4-2-3-5-11-10;1-2;/h2*2-5,8-9H,6-7H2,1H3;1-2H3;/q2*-2;;+4/b2*10-8-;;. The fourth-order valence-corrected chi connectivity index (χ4v) is 3.67. The maximum Gasteiger partial charge on any atom is 4.00 e. The molecular weight excluding hydrogens is 468 g/mol. The predicted octanol–water partition coefficient (Wildman–Crippen LogP) is 5.62. The van der Waals surface area contributed by atoms with E-state index in [2.05, 4.69) is 67.3 Å². The monoisotopic (exact) mass is 500 g/mol. The van der Waals surface area contributed by atoms with Crippen molar-refractivity contribution in [1.29, 1.82) is 0 Å². The van der Waals surface area contributed by atoms with Gasteiger partial charge in [-0.3, -0.25) is 0 Å². The summed E-state index contributed by atoms with van der Waals surface area (Å²) in [5, 5.41) is 8.50. The van der Waals surface area contributed by atoms with Crippen molar-refractivity contribution in [3.8, 4) is 0 Å². The molecule has 0 unspecified atom stereocenters. The van der Waals surface area contributed by atoms with E-state index in [4.69, 9.17) is 0 Å². The average molecular weight is 501 g/mol. The van der Waals surface area contributed by atoms with Crippen LogP contribution in [0.3, 0.4) is 0 Å². The Balaban J connectivity index is 0.000000279. The van der Waals surface area contributed by atoms with Gasteiger partial charge in [-0.2, -0.15) is 25.7 Å². The number of hydrogen-bond donors (Lipinski definition) is 0. The van der Waals surface area contributed by atoms with E-state index >= 15 is 0 Å². The summed E-state index contributed by atoms with van der Waals surface area (Å²) in [6.07, 6.45) is 23.8. The zero-order valence-corrected chi connectivity index (χ0v) is 21.3. The predicted molar refractivity (Wildman–Crippen MR) is 133 cm³/mol. The molecule has 4 aliphatic heterocycles. The van der Waals surface area contributed by atoms with E-state index in [0.717, 1.165) is 37.6 Å². The maximum absolute atomic E-state index is 4.25. The van der Waals surface area contributed by atoms with Crippen LogP contribution in [0.4, 0.5) is 0 Å². The summed E-state index contributed by atoms with van der Waals surface area (Å²) in [6.45, 7) is 12.4. The SMILES string of the molecule is CC.CSN1[CH-]N(/C=C2/C=CC=C[N-]2)CC1.CSN1[CH-]N(/C=C2/C=CC=C[N-]2)CC1.[Fe+4]. The molecule has 0 radical (unpaired) electrons. The van der Waals surface area contributed by atoms with Crippen molar-refractivity contribution in [2.75, 3.05) is 38.7 Å². The summed E-state index contributed by atoms with van der Waals surface area (Å²) in [5.41, 5.74) is 2.01. The van der Waals surface area contributed by atoms with E-state index in [9.17, 15) is 0 Å². The number of rotatable bonds is 4. The van der Waals surface area contributed by atoms with Crippen LogP contribution in [-0.4, -0.2) is 57.1 Å². The fourth-order valence-electron chi connectivity index (χ4n) is 2.71. The summed E-state index contributed by atoms with van der Waals surface area (Å²) >= 11 is 3.48. The molecule has 31 heavy (non-hydrogen) atoms. The van der Waals surface area contributed by atoms with Gasteiger partial charge in [0.15, 0.2) is 0 Å². The van der Waals surface area contributed by atoms with Crippen molar-refractivity contribution in [3.05, 3.63) is 96.6 Å². The van der Waals surface area contributed by atoms with Crippen molar-refractivity contribution in [1.82, 2.24) is 18.4 Å². The van der Waals surface area contributed by atoms with Crippen molar-refractivity contribution >= 4 is 23.9 Å². The summed E-state index contributed by atoms with van der Waals surface area (Å²) in [5.74, 6) is 0. The summed E-state index contributed by atoms with van der Waals surface area (Å²) in [7, 11) is 0. The van der Waals surface area contributed by atoms with E-state index in [1.54, 1.807) is 23.9 Å². The Morgan fingerprint density at radius 3 is 1.45 bits per heavy atom. The molecular formula is C22H32FeN6S2. The van der Waals surface area contributed by atoms with Gasteiger partial charge in [0.2, 0.25) is 0 Å². The number of hydrogen-bond acceptors (Lipinski definition) is 6. The minimum atomic E-state index is 0. The molecule has 4 heterocycles. The molecule has 170 valence electrons. The summed E-state index contributed by atoms with van der Waals surface area (Å²) in [6, 6.07) is 0. The second-order valence-electron chi connectivity index (χ2n) is 6.12. The van der Waals surface area contributed by atoms with Gasteiger partial charge in [0.1, 0.15) is 0 Å². The first kappa shape index (κ1) is 27.8. The zero-order chi connectivity index (χ0) is 21.6. The van der Waals surface area contributed by atoms with Crippen LogP contribution in [0.2, 0.25) is 0 Å². The molecule has 0 aromatic heterocycles. The number of allylic oxidation sites excluding steroid dienone is 6. The molecule has 6 nitrogen and oxygen atoms in total. The normalized spacial score (nSPS) is 22.5. The Labute approximate surface area is 208 Å². The first-order valence-electron chi connectivity index (χ1n) is 10.1. The van der Waals surface area contributed by atoms with E-state index in [1.165, 1.54) is 0 Å². The van der Waals surface area contributed by atoms with Crippen LogP contribution >= 0.6 is 23.9 Å². The second kappa shape index (κ2) is 16.4. The zero-order valence-electron chi connectivity index (χ0n) is 18.6. The van der Waals surface area contributed by atoms with Crippen molar-refractivity contribution in [2.24, 2.45) is 0 Å². The minimum absolute atomic E-state index is 0. The Morgan fingerprint density at radius 2 is 1.16 bits per heavy atom. The third kappa shape index (κ3) is 10.3. The molecule has 0 spiro atoms. The van der Waals surface area contributed by atoms with Crippen LogP contribution in [0.5, 0.6) is 0 Å². The van der Waals surface area contributed by atoms with E-state index in [-0.39, 0.29) is 17.1 Å². The first-order valence-corrected chi connectivity index (χ1v) is 12.5. The molecule has 0 atom stereocenters. The topological polar surface area (TPSA) is 41.2 Å². The van der Waals surface area contributed by atoms with E-state index < -0.39 is 0 Å². The Bertz CT molecular complexity index is 631. The summed E-state index contributed by atoms with van der Waals surface area (Å²) in [4.78, 5) is 4.33. The molecule has 4 aliphatic rings. The number of nitrogens with zero attached hydrogens (tertiary/aromatic N) is 6. The summed E-state index contributed by atoms with van der Waals surface area (Å²) < 4.78 is 4.42. The van der Waals surface area contributed by atoms with Gasteiger partial charge >= 0.3 is 17.1 Å². The van der Waals surface area contributed by atoms with Crippen LogP contribution in [0.25, 0.3) is 10.6 Å². The van der Waals surface area contributed by atoms with E-state index in [0.29, 0.717) is 0 Å². The van der Waals surface area contributed by atoms with Gasteiger partial charge in [0, 0.05) is 13.1 Å². The molecule has 0 N–H and O–H groups in total. The minimum Gasteiger partial charge on any atom is -0.663 e. The first-order chi connectivity index (χ1) is 14.8. The van der Waals surface area contributed by atoms with Gasteiger partial charge in [0.25, 0.3) is 0 Å². The molecule has 2 saturated heterocycles. The maximum atomic E-state index is 4.25. The third-order valence-electron chi connectivity index (χ3n) is 4.15. The second-order valence-corrected chi connectivity index (χ2v) is 7.79. The van der Waals surface area contributed by atoms with Crippen LogP contribution in [0, 0.1) is 13.3 Å². The largest absolute Gasteiger partial charge is 4.00 e. The Morgan fingerprint density at radius 1 is 0.742 bits per heavy atom. The fraction of sp³-hybridized carbons (Fsp3) is 0.364. The van der Waals surface area contributed by atoms with Gasteiger partial charge in [-0.05, 0) is 38.0 Å². The molecule has 0 amide bonds. The molecule has 9 heteroatoms. The smallest absolute Gasteiger partial charge is 0.663 e. The molecule has 0 aliphatic carbocycles. The van der Waals surface area contributed by atoms with Crippen molar-refractivity contribution in [2.45, 2.75) is 13.8 Å². The van der Waals surface area contributed by atoms with Gasteiger partial charge in [-0.25, -0.2) is 0 Å². The van der Waals surface area contributed by atoms with Crippen LogP contribution in [0.15, 0.2) is 72.7 Å². The Hall–Kier alpha value is -1.22. The molecule has 0 aromatic rings. The van der Waals surface area contributed by atoms with Crippen LogP contribution in [-0.2, 0) is 17.1 Å². The molecule has 0 aromatic carbocycles. The molecule has 0 bridgehead atoms.